The van der Waals surface area contributed by atoms with E-state index in [9.17, 15) is 21.6 Å². The van der Waals surface area contributed by atoms with Crippen LogP contribution in [0.25, 0.3) is 10.2 Å². The molecule has 4 nitrogen and oxygen atoms in total. The molecule has 9 heteroatoms. The van der Waals surface area contributed by atoms with Gasteiger partial charge in [0.15, 0.2) is 17.5 Å². The van der Waals surface area contributed by atoms with E-state index in [0.717, 1.165) is 25.6 Å². The fourth-order valence-electron chi connectivity index (χ4n) is 3.25. The van der Waals surface area contributed by atoms with Crippen LogP contribution in [0.15, 0.2) is 41.3 Å². The summed E-state index contributed by atoms with van der Waals surface area (Å²) in [6.45, 7) is 0.336. The number of fused-ring (bicyclic) bond motifs is 1. The zero-order chi connectivity index (χ0) is 19.2. The lowest BCUT2D eigenvalue weighted by Gasteiger charge is -2.30. The molecule has 1 aromatic heterocycles. The highest BCUT2D eigenvalue weighted by Crippen LogP contribution is 2.35. The van der Waals surface area contributed by atoms with E-state index >= 15 is 0 Å². The highest BCUT2D eigenvalue weighted by Gasteiger charge is 2.34. The topological polar surface area (TPSA) is 50.3 Å². The van der Waals surface area contributed by atoms with E-state index in [1.165, 1.54) is 0 Å². The Morgan fingerprint density at radius 2 is 1.70 bits per heavy atom. The summed E-state index contributed by atoms with van der Waals surface area (Å²) in [5.74, 6) is -4.76. The molecule has 1 aliphatic rings. The van der Waals surface area contributed by atoms with E-state index in [-0.39, 0.29) is 19.0 Å². The van der Waals surface area contributed by atoms with Gasteiger partial charge in [-0.05, 0) is 37.1 Å². The summed E-state index contributed by atoms with van der Waals surface area (Å²) < 4.78 is 67.9. The maximum atomic E-state index is 13.9. The van der Waals surface area contributed by atoms with Gasteiger partial charge in [-0.1, -0.05) is 12.1 Å². The summed E-state index contributed by atoms with van der Waals surface area (Å²) >= 11 is 1.58. The van der Waals surface area contributed by atoms with Crippen molar-refractivity contribution in [2.45, 2.75) is 23.7 Å². The molecule has 0 unspecified atom stereocenters. The number of hydrogen-bond donors (Lipinski definition) is 0. The summed E-state index contributed by atoms with van der Waals surface area (Å²) in [5, 5.41) is 0.951. The molecule has 27 heavy (non-hydrogen) atoms. The van der Waals surface area contributed by atoms with Gasteiger partial charge in [-0.2, -0.15) is 4.31 Å². The highest BCUT2D eigenvalue weighted by atomic mass is 32.2. The zero-order valence-electron chi connectivity index (χ0n) is 14.0. The quantitative estimate of drug-likeness (QED) is 0.604. The number of piperidine rings is 1. The molecule has 0 atom stereocenters. The van der Waals surface area contributed by atoms with Crippen molar-refractivity contribution in [3.63, 3.8) is 0 Å². The fraction of sp³-hybridized carbons (Fsp3) is 0.278. The van der Waals surface area contributed by atoms with Crippen molar-refractivity contribution in [2.75, 3.05) is 13.1 Å². The zero-order valence-corrected chi connectivity index (χ0v) is 15.7. The number of rotatable bonds is 3. The summed E-state index contributed by atoms with van der Waals surface area (Å²) in [4.78, 5) is 3.78. The van der Waals surface area contributed by atoms with Gasteiger partial charge < -0.3 is 0 Å². The molecule has 2 aromatic carbocycles. The predicted molar refractivity (Wildman–Crippen MR) is 96.7 cm³/mol. The molecule has 0 spiro atoms. The summed E-state index contributed by atoms with van der Waals surface area (Å²) in [6, 6.07) is 9.16. The number of sulfonamides is 1. The Labute approximate surface area is 158 Å². The minimum atomic E-state index is -4.23. The van der Waals surface area contributed by atoms with E-state index in [1.54, 1.807) is 11.3 Å². The molecule has 0 bridgehead atoms. The van der Waals surface area contributed by atoms with Gasteiger partial charge in [0.2, 0.25) is 10.0 Å². The molecule has 3 aromatic rings. The third-order valence-electron chi connectivity index (χ3n) is 4.73. The van der Waals surface area contributed by atoms with Crippen LogP contribution in [0.3, 0.4) is 0 Å². The Hall–Kier alpha value is -1.97. The lowest BCUT2D eigenvalue weighted by atomic mass is 9.99. The minimum Gasteiger partial charge on any atom is -0.241 e. The van der Waals surface area contributed by atoms with Crippen LogP contribution in [0.1, 0.15) is 23.8 Å². The number of nitrogens with zero attached hydrogens (tertiary/aromatic N) is 2. The van der Waals surface area contributed by atoms with Crippen LogP contribution >= 0.6 is 11.3 Å². The van der Waals surface area contributed by atoms with Crippen LogP contribution in [0.4, 0.5) is 13.2 Å². The number of halogens is 3. The first-order valence-electron chi connectivity index (χ1n) is 8.37. The van der Waals surface area contributed by atoms with Crippen molar-refractivity contribution < 1.29 is 21.6 Å². The molecular weight excluding hydrogens is 397 g/mol. The SMILES string of the molecule is O=S(=O)(c1ccc(F)c(F)c1F)N1CCC(c2nc3ccccc3s2)CC1. The van der Waals surface area contributed by atoms with Crippen LogP contribution in [0.2, 0.25) is 0 Å². The fourth-order valence-corrected chi connectivity index (χ4v) is 5.92. The van der Waals surface area contributed by atoms with Gasteiger partial charge in [0.25, 0.3) is 0 Å². The number of aromatic nitrogens is 1. The van der Waals surface area contributed by atoms with Crippen LogP contribution in [-0.2, 0) is 10.0 Å². The van der Waals surface area contributed by atoms with Gasteiger partial charge in [0.05, 0.1) is 15.2 Å². The summed E-state index contributed by atoms with van der Waals surface area (Å²) in [7, 11) is -4.23. The molecule has 142 valence electrons. The van der Waals surface area contributed by atoms with Crippen LogP contribution < -0.4 is 0 Å². The average Bonchev–Trinajstić information content (AvgIpc) is 3.10. The van der Waals surface area contributed by atoms with E-state index in [4.69, 9.17) is 0 Å². The second-order valence-corrected chi connectivity index (χ2v) is 9.34. The van der Waals surface area contributed by atoms with Crippen molar-refractivity contribution in [1.82, 2.24) is 9.29 Å². The Balaban J connectivity index is 1.54. The maximum Gasteiger partial charge on any atom is 0.246 e. The smallest absolute Gasteiger partial charge is 0.241 e. The van der Waals surface area contributed by atoms with Gasteiger partial charge >= 0.3 is 0 Å². The molecule has 1 fully saturated rings. The van der Waals surface area contributed by atoms with Gasteiger partial charge in [-0.3, -0.25) is 0 Å². The van der Waals surface area contributed by atoms with Gasteiger partial charge in [-0.25, -0.2) is 26.6 Å². The van der Waals surface area contributed by atoms with Crippen molar-refractivity contribution in [1.29, 1.82) is 0 Å². The molecule has 0 N–H and O–H groups in total. The maximum absolute atomic E-state index is 13.9. The number of benzene rings is 2. The van der Waals surface area contributed by atoms with Crippen LogP contribution in [0.5, 0.6) is 0 Å². The van der Waals surface area contributed by atoms with E-state index in [1.807, 2.05) is 24.3 Å². The van der Waals surface area contributed by atoms with Crippen LogP contribution in [-0.4, -0.2) is 30.8 Å². The second-order valence-electron chi connectivity index (χ2n) is 6.37. The van der Waals surface area contributed by atoms with E-state index in [2.05, 4.69) is 4.98 Å². The summed E-state index contributed by atoms with van der Waals surface area (Å²) in [6.07, 6.45) is 1.06. The molecular formula is C18H15F3N2O2S2. The lowest BCUT2D eigenvalue weighted by molar-refractivity contribution is 0.317. The molecule has 2 heterocycles. The number of hydrogen-bond acceptors (Lipinski definition) is 4. The van der Waals surface area contributed by atoms with Crippen molar-refractivity contribution in [3.05, 3.63) is 58.9 Å². The third-order valence-corrected chi connectivity index (χ3v) is 7.85. The molecule has 0 amide bonds. The third kappa shape index (κ3) is 3.24. The molecule has 0 radical (unpaired) electrons. The standard InChI is InChI=1S/C18H15F3N2O2S2/c19-12-5-6-15(17(21)16(12)20)27(24,25)23-9-7-11(8-10-23)18-22-13-3-1-2-4-14(13)26-18/h1-6,11H,7-10H2. The molecule has 1 aliphatic heterocycles. The number of thiazole rings is 1. The Morgan fingerprint density at radius 1 is 1.00 bits per heavy atom. The van der Waals surface area contributed by atoms with Crippen molar-refractivity contribution in [2.24, 2.45) is 0 Å². The number of para-hydroxylation sites is 1. The van der Waals surface area contributed by atoms with E-state index in [0.29, 0.717) is 18.9 Å². The largest absolute Gasteiger partial charge is 0.246 e. The minimum absolute atomic E-state index is 0.114. The Morgan fingerprint density at radius 3 is 2.41 bits per heavy atom. The highest BCUT2D eigenvalue weighted by molar-refractivity contribution is 7.89. The first-order chi connectivity index (χ1) is 12.9. The summed E-state index contributed by atoms with van der Waals surface area (Å²) in [5.41, 5.74) is 0.913. The van der Waals surface area contributed by atoms with Crippen LogP contribution in [0, 0.1) is 17.5 Å². The van der Waals surface area contributed by atoms with Gasteiger partial charge in [-0.15, -0.1) is 11.3 Å². The monoisotopic (exact) mass is 412 g/mol. The molecule has 4 rings (SSSR count). The molecule has 1 saturated heterocycles. The average molecular weight is 412 g/mol. The normalized spacial score (nSPS) is 16.9. The first kappa shape index (κ1) is 18.4. The van der Waals surface area contributed by atoms with Crippen molar-refractivity contribution in [3.8, 4) is 0 Å². The Kier molecular flexibility index (Phi) is 4.69. The first-order valence-corrected chi connectivity index (χ1v) is 10.6. The predicted octanol–water partition coefficient (Wildman–Crippen LogP) is 4.28. The second kappa shape index (κ2) is 6.88. The van der Waals surface area contributed by atoms with E-state index < -0.39 is 32.4 Å². The molecule has 0 aliphatic carbocycles. The Bertz CT molecular complexity index is 1070. The van der Waals surface area contributed by atoms with Crippen molar-refractivity contribution >= 4 is 31.6 Å². The lowest BCUT2D eigenvalue weighted by Crippen LogP contribution is -2.38. The van der Waals surface area contributed by atoms with Gasteiger partial charge in [0.1, 0.15) is 4.90 Å². The molecule has 0 saturated carbocycles. The van der Waals surface area contributed by atoms with Gasteiger partial charge in [0, 0.05) is 19.0 Å².